The molecule has 0 heterocycles. The largest absolute Gasteiger partial charge is 0.240 e. The molecule has 6 nitrogen and oxygen atoms in total. The molecule has 1 atom stereocenters. The maximum absolute atomic E-state index is 12.4. The lowest BCUT2D eigenvalue weighted by Gasteiger charge is -2.16. The van der Waals surface area contributed by atoms with Crippen LogP contribution in [-0.2, 0) is 20.0 Å². The third kappa shape index (κ3) is 5.66. The van der Waals surface area contributed by atoms with Crippen LogP contribution in [0.25, 0.3) is 0 Å². The normalized spacial score (nSPS) is 13.5. The van der Waals surface area contributed by atoms with Crippen LogP contribution < -0.4 is 9.44 Å². The van der Waals surface area contributed by atoms with Gasteiger partial charge in [0.2, 0.25) is 20.0 Å². The first-order valence-corrected chi connectivity index (χ1v) is 11.7. The predicted octanol–water partition coefficient (Wildman–Crippen LogP) is 3.26. The summed E-state index contributed by atoms with van der Waals surface area (Å²) in [5, 5.41) is 0.932. The second-order valence-electron chi connectivity index (χ2n) is 6.20. The lowest BCUT2D eigenvalue weighted by atomic mass is 10.2. The van der Waals surface area contributed by atoms with E-state index >= 15 is 0 Å². The summed E-state index contributed by atoms with van der Waals surface area (Å²) in [5.41, 5.74) is 1.26. The number of benzene rings is 2. The molecule has 0 spiro atoms. The van der Waals surface area contributed by atoms with Crippen molar-refractivity contribution in [3.05, 3.63) is 57.6 Å². The third-order valence-electron chi connectivity index (χ3n) is 3.82. The van der Waals surface area contributed by atoms with Crippen LogP contribution in [0, 0.1) is 13.8 Å². The molecule has 2 aromatic carbocycles. The molecule has 0 fully saturated rings. The van der Waals surface area contributed by atoms with E-state index in [1.54, 1.807) is 20.8 Å². The minimum absolute atomic E-state index is 0.0624. The van der Waals surface area contributed by atoms with Gasteiger partial charge in [-0.3, -0.25) is 0 Å². The first kappa shape index (κ1) is 22.1. The summed E-state index contributed by atoms with van der Waals surface area (Å²) in [4.78, 5) is 0.125. The van der Waals surface area contributed by atoms with E-state index in [1.807, 2.05) is 0 Å². The van der Waals surface area contributed by atoms with Gasteiger partial charge in [0.25, 0.3) is 0 Å². The molecule has 0 aliphatic heterocycles. The second kappa shape index (κ2) is 8.46. The summed E-state index contributed by atoms with van der Waals surface area (Å²) in [7, 11) is -7.59. The van der Waals surface area contributed by atoms with Gasteiger partial charge in [0.15, 0.2) is 0 Å². The fourth-order valence-electron chi connectivity index (χ4n) is 2.26. The number of hydrogen-bond donors (Lipinski definition) is 2. The third-order valence-corrected chi connectivity index (χ3v) is 7.67. The summed E-state index contributed by atoms with van der Waals surface area (Å²) in [5.74, 6) is 0. The van der Waals surface area contributed by atoms with Gasteiger partial charge in [0.05, 0.1) is 9.79 Å². The number of sulfonamides is 2. The number of rotatable bonds is 7. The zero-order chi connectivity index (χ0) is 20.4. The van der Waals surface area contributed by atoms with Crippen LogP contribution in [0.4, 0.5) is 0 Å². The SMILES string of the molecule is Cc1cc(S(=O)(=O)NC[C@@H](C)NS(=O)(=O)c2ccc(Cl)c(C)c2)ccc1Cl. The van der Waals surface area contributed by atoms with Crippen LogP contribution in [0.2, 0.25) is 10.0 Å². The monoisotopic (exact) mass is 450 g/mol. The summed E-state index contributed by atoms with van der Waals surface area (Å²) in [6.07, 6.45) is 0. The highest BCUT2D eigenvalue weighted by Crippen LogP contribution is 2.20. The van der Waals surface area contributed by atoms with Crippen LogP contribution in [-0.4, -0.2) is 29.4 Å². The average Bonchev–Trinajstić information content (AvgIpc) is 2.57. The zero-order valence-electron chi connectivity index (χ0n) is 15.0. The van der Waals surface area contributed by atoms with Crippen LogP contribution in [0.15, 0.2) is 46.2 Å². The molecule has 0 aliphatic carbocycles. The molecule has 2 rings (SSSR count). The maximum Gasteiger partial charge on any atom is 0.240 e. The van der Waals surface area contributed by atoms with Crippen molar-refractivity contribution in [2.24, 2.45) is 0 Å². The van der Waals surface area contributed by atoms with Crippen LogP contribution in [0.5, 0.6) is 0 Å². The van der Waals surface area contributed by atoms with Crippen LogP contribution >= 0.6 is 23.2 Å². The molecule has 2 N–H and O–H groups in total. The number of nitrogens with one attached hydrogen (secondary N) is 2. The van der Waals surface area contributed by atoms with Crippen molar-refractivity contribution < 1.29 is 16.8 Å². The molecular formula is C17H20Cl2N2O4S2. The van der Waals surface area contributed by atoms with Gasteiger partial charge in [0, 0.05) is 22.6 Å². The lowest BCUT2D eigenvalue weighted by molar-refractivity contribution is 0.545. The van der Waals surface area contributed by atoms with Gasteiger partial charge in [0.1, 0.15) is 0 Å². The predicted molar refractivity (Wildman–Crippen MR) is 107 cm³/mol. The molecule has 0 amide bonds. The molecule has 0 bridgehead atoms. The first-order valence-electron chi connectivity index (χ1n) is 7.97. The van der Waals surface area contributed by atoms with E-state index in [-0.39, 0.29) is 16.3 Å². The molecular weight excluding hydrogens is 431 g/mol. The molecule has 27 heavy (non-hydrogen) atoms. The van der Waals surface area contributed by atoms with Crippen molar-refractivity contribution in [2.45, 2.75) is 36.6 Å². The average molecular weight is 451 g/mol. The number of halogens is 2. The number of aryl methyl sites for hydroxylation is 2. The fourth-order valence-corrected chi connectivity index (χ4v) is 5.04. The van der Waals surface area contributed by atoms with E-state index in [0.29, 0.717) is 21.2 Å². The smallest absolute Gasteiger partial charge is 0.210 e. The highest BCUT2D eigenvalue weighted by molar-refractivity contribution is 7.90. The zero-order valence-corrected chi connectivity index (χ0v) is 18.1. The molecule has 0 unspecified atom stereocenters. The van der Waals surface area contributed by atoms with E-state index in [9.17, 15) is 16.8 Å². The maximum atomic E-state index is 12.4. The summed E-state index contributed by atoms with van der Waals surface area (Å²) in [6.45, 7) is 4.85. The molecule has 0 radical (unpaired) electrons. The topological polar surface area (TPSA) is 92.3 Å². The van der Waals surface area contributed by atoms with Crippen LogP contribution in [0.3, 0.4) is 0 Å². The van der Waals surface area contributed by atoms with Crippen molar-refractivity contribution in [1.82, 2.24) is 9.44 Å². The van der Waals surface area contributed by atoms with Crippen molar-refractivity contribution in [2.75, 3.05) is 6.54 Å². The quantitative estimate of drug-likeness (QED) is 0.676. The van der Waals surface area contributed by atoms with Gasteiger partial charge in [-0.2, -0.15) is 0 Å². The molecule has 0 aromatic heterocycles. The molecule has 0 saturated carbocycles. The Hall–Kier alpha value is -1.16. The highest BCUT2D eigenvalue weighted by Gasteiger charge is 2.21. The van der Waals surface area contributed by atoms with Crippen molar-refractivity contribution in [3.8, 4) is 0 Å². The Labute approximate surface area is 170 Å². The molecule has 0 aliphatic rings. The highest BCUT2D eigenvalue weighted by atomic mass is 35.5. The van der Waals surface area contributed by atoms with E-state index in [1.165, 1.54) is 36.4 Å². The van der Waals surface area contributed by atoms with Gasteiger partial charge in [-0.05, 0) is 68.3 Å². The Morgan fingerprint density at radius 3 is 1.74 bits per heavy atom. The molecule has 148 valence electrons. The molecule has 10 heteroatoms. The second-order valence-corrected chi connectivity index (χ2v) is 10.5. The molecule has 0 saturated heterocycles. The Morgan fingerprint density at radius 2 is 1.30 bits per heavy atom. The van der Waals surface area contributed by atoms with Gasteiger partial charge < -0.3 is 0 Å². The van der Waals surface area contributed by atoms with E-state index in [0.717, 1.165) is 0 Å². The lowest BCUT2D eigenvalue weighted by Crippen LogP contribution is -2.41. The Morgan fingerprint density at radius 1 is 0.852 bits per heavy atom. The fraction of sp³-hybridized carbons (Fsp3) is 0.294. The minimum Gasteiger partial charge on any atom is -0.210 e. The summed E-state index contributed by atoms with van der Waals surface area (Å²) < 4.78 is 54.5. The van der Waals surface area contributed by atoms with E-state index in [4.69, 9.17) is 23.2 Å². The Balaban J connectivity index is 2.07. The van der Waals surface area contributed by atoms with Gasteiger partial charge in [-0.15, -0.1) is 0 Å². The standard InChI is InChI=1S/C17H20Cl2N2O4S2/c1-11-8-14(4-6-16(11)18)26(22,23)20-10-13(3)21-27(24,25)15-5-7-17(19)12(2)9-15/h4-9,13,20-21H,10H2,1-3H3/t13-/m1/s1. The van der Waals surface area contributed by atoms with Crippen LogP contribution in [0.1, 0.15) is 18.1 Å². The van der Waals surface area contributed by atoms with E-state index in [2.05, 4.69) is 9.44 Å². The number of hydrogen-bond acceptors (Lipinski definition) is 4. The van der Waals surface area contributed by atoms with Crippen molar-refractivity contribution in [3.63, 3.8) is 0 Å². The van der Waals surface area contributed by atoms with Gasteiger partial charge in [-0.1, -0.05) is 23.2 Å². The van der Waals surface area contributed by atoms with E-state index < -0.39 is 26.1 Å². The Bertz CT molecular complexity index is 1050. The Kier molecular flexibility index (Phi) is 6.94. The van der Waals surface area contributed by atoms with Gasteiger partial charge in [-0.25, -0.2) is 26.3 Å². The van der Waals surface area contributed by atoms with Gasteiger partial charge >= 0.3 is 0 Å². The minimum atomic E-state index is -3.80. The van der Waals surface area contributed by atoms with Crippen molar-refractivity contribution >= 4 is 43.2 Å². The molecule has 2 aromatic rings. The van der Waals surface area contributed by atoms with Crippen molar-refractivity contribution in [1.29, 1.82) is 0 Å². The first-order chi connectivity index (χ1) is 12.4. The summed E-state index contributed by atoms with van der Waals surface area (Å²) >= 11 is 11.8. The summed E-state index contributed by atoms with van der Waals surface area (Å²) in [6, 6.07) is 8.03.